The fraction of sp³-hybridized carbons (Fsp3) is 1.00. The summed E-state index contributed by atoms with van der Waals surface area (Å²) >= 11 is 0. The average molecular weight is 167 g/mol. The van der Waals surface area contributed by atoms with Crippen LogP contribution in [0, 0.1) is 0 Å². The lowest BCUT2D eigenvalue weighted by atomic mass is 10.1. The van der Waals surface area contributed by atoms with E-state index in [2.05, 4.69) is 5.32 Å². The van der Waals surface area contributed by atoms with Crippen LogP contribution in [0.4, 0.5) is 8.78 Å². The van der Waals surface area contributed by atoms with Crippen LogP contribution in [0.2, 0.25) is 0 Å². The van der Waals surface area contributed by atoms with Gasteiger partial charge < -0.3 is 5.32 Å². The first-order valence-corrected chi connectivity index (χ1v) is 3.95. The molecule has 0 spiro atoms. The third-order valence-corrected chi connectivity index (χ3v) is 0.787. The molecule has 0 aromatic carbocycles. The minimum atomic E-state index is -2.25. The van der Waals surface area contributed by atoms with Gasteiger partial charge in [-0.25, -0.2) is 8.78 Å². The Kier molecular flexibility index (Phi) is 7.96. The number of hydrogen-bond acceptors (Lipinski definition) is 1. The molecule has 0 aromatic rings. The second-order valence-electron chi connectivity index (χ2n) is 3.02. The van der Waals surface area contributed by atoms with E-state index in [1.54, 1.807) is 0 Å². The molecule has 0 aliphatic carbocycles. The van der Waals surface area contributed by atoms with Crippen molar-refractivity contribution in [3.05, 3.63) is 0 Å². The highest BCUT2D eigenvalue weighted by Crippen LogP contribution is 1.99. The Bertz CT molecular complexity index is 76.7. The standard InChI is InChI=1S/C6H13F2N.C2H6/c1-6(2,3)9-4-5(7)8;1-2/h5,9H,4H2,1-3H3;1-2H3. The third-order valence-electron chi connectivity index (χ3n) is 0.787. The number of nitrogens with one attached hydrogen (secondary N) is 1. The summed E-state index contributed by atoms with van der Waals surface area (Å²) in [6.07, 6.45) is -2.25. The molecule has 0 saturated carbocycles. The zero-order chi connectivity index (χ0) is 9.49. The van der Waals surface area contributed by atoms with Gasteiger partial charge >= 0.3 is 0 Å². The predicted molar refractivity (Wildman–Crippen MR) is 45.1 cm³/mol. The molecule has 0 aliphatic rings. The van der Waals surface area contributed by atoms with Crippen LogP contribution in [-0.4, -0.2) is 18.5 Å². The SMILES string of the molecule is CC.CC(C)(C)NCC(F)F. The van der Waals surface area contributed by atoms with E-state index >= 15 is 0 Å². The van der Waals surface area contributed by atoms with E-state index in [0.29, 0.717) is 0 Å². The Balaban J connectivity index is 0. The van der Waals surface area contributed by atoms with Crippen molar-refractivity contribution in [1.82, 2.24) is 5.32 Å². The number of rotatable bonds is 2. The van der Waals surface area contributed by atoms with Crippen molar-refractivity contribution in [2.45, 2.75) is 46.6 Å². The Morgan fingerprint density at radius 3 is 1.64 bits per heavy atom. The average Bonchev–Trinajstić information content (AvgIpc) is 1.87. The lowest BCUT2D eigenvalue weighted by Gasteiger charge is -2.19. The lowest BCUT2D eigenvalue weighted by molar-refractivity contribution is 0.135. The van der Waals surface area contributed by atoms with Gasteiger partial charge in [-0.05, 0) is 20.8 Å². The summed E-state index contributed by atoms with van der Waals surface area (Å²) in [5, 5.41) is 2.67. The molecule has 0 amide bonds. The summed E-state index contributed by atoms with van der Waals surface area (Å²) in [7, 11) is 0. The van der Waals surface area contributed by atoms with Crippen molar-refractivity contribution in [1.29, 1.82) is 0 Å². The summed E-state index contributed by atoms with van der Waals surface area (Å²) in [5.74, 6) is 0. The molecule has 1 nitrogen and oxygen atoms in total. The molecule has 0 aromatic heterocycles. The molecule has 3 heteroatoms. The smallest absolute Gasteiger partial charge is 0.250 e. The molecule has 0 unspecified atom stereocenters. The van der Waals surface area contributed by atoms with E-state index in [4.69, 9.17) is 0 Å². The van der Waals surface area contributed by atoms with E-state index in [1.165, 1.54) is 0 Å². The molecule has 0 aliphatic heterocycles. The van der Waals surface area contributed by atoms with E-state index in [0.717, 1.165) is 0 Å². The van der Waals surface area contributed by atoms with Crippen molar-refractivity contribution in [2.75, 3.05) is 6.54 Å². The minimum absolute atomic E-state index is 0.198. The summed E-state index contributed by atoms with van der Waals surface area (Å²) in [6.45, 7) is 9.35. The van der Waals surface area contributed by atoms with Crippen LogP contribution in [0.5, 0.6) is 0 Å². The first-order valence-electron chi connectivity index (χ1n) is 3.95. The maximum Gasteiger partial charge on any atom is 0.250 e. The number of halogens is 2. The van der Waals surface area contributed by atoms with Crippen molar-refractivity contribution in [2.24, 2.45) is 0 Å². The fourth-order valence-corrected chi connectivity index (χ4v) is 0.383. The van der Waals surface area contributed by atoms with E-state index in [9.17, 15) is 8.78 Å². The van der Waals surface area contributed by atoms with Crippen molar-refractivity contribution >= 4 is 0 Å². The zero-order valence-electron chi connectivity index (χ0n) is 8.04. The molecular formula is C8H19F2N. The van der Waals surface area contributed by atoms with Gasteiger partial charge in [-0.1, -0.05) is 13.8 Å². The first kappa shape index (κ1) is 13.4. The molecule has 0 bridgehead atoms. The van der Waals surface area contributed by atoms with Gasteiger partial charge in [0, 0.05) is 5.54 Å². The lowest BCUT2D eigenvalue weighted by Crippen LogP contribution is -2.38. The third kappa shape index (κ3) is 17.7. The second-order valence-corrected chi connectivity index (χ2v) is 3.02. The predicted octanol–water partition coefficient (Wildman–Crippen LogP) is 2.67. The van der Waals surface area contributed by atoms with E-state index < -0.39 is 6.43 Å². The molecule has 0 fully saturated rings. The molecule has 11 heavy (non-hydrogen) atoms. The van der Waals surface area contributed by atoms with Gasteiger partial charge in [0.2, 0.25) is 0 Å². The summed E-state index contributed by atoms with van der Waals surface area (Å²) in [5.41, 5.74) is -0.198. The van der Waals surface area contributed by atoms with Crippen molar-refractivity contribution < 1.29 is 8.78 Å². The summed E-state index contributed by atoms with van der Waals surface area (Å²) in [4.78, 5) is 0. The number of alkyl halides is 2. The minimum Gasteiger partial charge on any atom is -0.307 e. The Labute approximate surface area is 68.2 Å². The highest BCUT2D eigenvalue weighted by molar-refractivity contribution is 4.69. The molecule has 0 saturated heterocycles. The van der Waals surface area contributed by atoms with Gasteiger partial charge in [-0.3, -0.25) is 0 Å². The van der Waals surface area contributed by atoms with Gasteiger partial charge in [0.1, 0.15) is 0 Å². The highest BCUT2D eigenvalue weighted by atomic mass is 19.3. The first-order chi connectivity index (χ1) is 4.92. The van der Waals surface area contributed by atoms with Crippen molar-refractivity contribution in [3.8, 4) is 0 Å². The molecule has 1 N–H and O–H groups in total. The maximum atomic E-state index is 11.5. The molecule has 0 heterocycles. The van der Waals surface area contributed by atoms with Crippen LogP contribution in [0.3, 0.4) is 0 Å². The van der Waals surface area contributed by atoms with Crippen LogP contribution in [0.15, 0.2) is 0 Å². The Morgan fingerprint density at radius 1 is 1.18 bits per heavy atom. The Morgan fingerprint density at radius 2 is 1.55 bits per heavy atom. The van der Waals surface area contributed by atoms with Crippen molar-refractivity contribution in [3.63, 3.8) is 0 Å². The van der Waals surface area contributed by atoms with E-state index in [1.807, 2.05) is 34.6 Å². The molecule has 0 atom stereocenters. The monoisotopic (exact) mass is 167 g/mol. The van der Waals surface area contributed by atoms with Gasteiger partial charge in [0.15, 0.2) is 0 Å². The van der Waals surface area contributed by atoms with Crippen LogP contribution >= 0.6 is 0 Å². The largest absolute Gasteiger partial charge is 0.307 e. The molecular weight excluding hydrogens is 148 g/mol. The fourth-order valence-electron chi connectivity index (χ4n) is 0.383. The number of hydrogen-bond donors (Lipinski definition) is 1. The van der Waals surface area contributed by atoms with E-state index in [-0.39, 0.29) is 12.1 Å². The molecule has 0 rings (SSSR count). The van der Waals surface area contributed by atoms with Crippen LogP contribution in [0.1, 0.15) is 34.6 Å². The topological polar surface area (TPSA) is 12.0 Å². The van der Waals surface area contributed by atoms with Gasteiger partial charge in [-0.2, -0.15) is 0 Å². The van der Waals surface area contributed by atoms with Crippen LogP contribution < -0.4 is 5.32 Å². The zero-order valence-corrected chi connectivity index (χ0v) is 8.04. The summed E-state index contributed by atoms with van der Waals surface area (Å²) in [6, 6.07) is 0. The normalized spacial score (nSPS) is 10.9. The maximum absolute atomic E-state index is 11.5. The summed E-state index contributed by atoms with van der Waals surface area (Å²) < 4.78 is 23.0. The molecule has 70 valence electrons. The van der Waals surface area contributed by atoms with Gasteiger partial charge in [0.05, 0.1) is 6.54 Å². The Hall–Kier alpha value is -0.180. The quantitative estimate of drug-likeness (QED) is 0.666. The highest BCUT2D eigenvalue weighted by Gasteiger charge is 2.11. The van der Waals surface area contributed by atoms with Crippen LogP contribution in [0.25, 0.3) is 0 Å². The van der Waals surface area contributed by atoms with Crippen LogP contribution in [-0.2, 0) is 0 Å². The van der Waals surface area contributed by atoms with Gasteiger partial charge in [0.25, 0.3) is 6.43 Å². The molecule has 0 radical (unpaired) electrons. The second kappa shape index (κ2) is 6.53. The van der Waals surface area contributed by atoms with Gasteiger partial charge in [-0.15, -0.1) is 0 Å².